The van der Waals surface area contributed by atoms with Crippen LogP contribution in [0.3, 0.4) is 0 Å². The van der Waals surface area contributed by atoms with Crippen LogP contribution in [0.25, 0.3) is 32.7 Å². The highest BCUT2D eigenvalue weighted by molar-refractivity contribution is 7.80. The first-order valence-corrected chi connectivity index (χ1v) is 9.95. The highest BCUT2D eigenvalue weighted by atomic mass is 32.2. The lowest BCUT2D eigenvalue weighted by molar-refractivity contribution is 0.372. The molecule has 0 spiro atoms. The molecule has 4 aromatic carbocycles. The van der Waals surface area contributed by atoms with Crippen LogP contribution < -0.4 is 4.74 Å². The summed E-state index contributed by atoms with van der Waals surface area (Å²) in [5.74, 6) is 0.750. The van der Waals surface area contributed by atoms with Gasteiger partial charge >= 0.3 is 0 Å². The molecule has 0 fully saturated rings. The maximum absolute atomic E-state index is 12.9. The minimum Gasteiger partial charge on any atom is -0.496 e. The van der Waals surface area contributed by atoms with Crippen molar-refractivity contribution in [2.75, 3.05) is 13.7 Å². The quantitative estimate of drug-likeness (QED) is 0.446. The number of hydrogen-bond acceptors (Lipinski definition) is 3. The lowest BCUT2D eigenvalue weighted by Crippen LogP contribution is -2.01. The van der Waals surface area contributed by atoms with Gasteiger partial charge in [-0.05, 0) is 40.6 Å². The molecule has 0 N–H and O–H groups in total. The van der Waals surface area contributed by atoms with Gasteiger partial charge < -0.3 is 4.74 Å². The lowest BCUT2D eigenvalue weighted by atomic mass is 9.93. The number of benzene rings is 4. The second kappa shape index (κ2) is 7.51. The van der Waals surface area contributed by atoms with Gasteiger partial charge in [0, 0.05) is 11.1 Å². The summed E-state index contributed by atoms with van der Waals surface area (Å²) in [5.41, 5.74) is 1.84. The number of fused-ring (bicyclic) bond motifs is 2. The Hall–Kier alpha value is -2.69. The van der Waals surface area contributed by atoms with E-state index in [1.807, 2.05) is 55.5 Å². The van der Waals surface area contributed by atoms with Crippen molar-refractivity contribution >= 4 is 32.6 Å². The number of ether oxygens (including phenoxy) is 1. The summed E-state index contributed by atoms with van der Waals surface area (Å²) >= 11 is -1.56. The van der Waals surface area contributed by atoms with E-state index in [0.717, 1.165) is 38.4 Å². The van der Waals surface area contributed by atoms with Crippen LogP contribution in [0.4, 0.5) is 0 Å². The molecule has 136 valence electrons. The van der Waals surface area contributed by atoms with E-state index in [-0.39, 0.29) is 0 Å². The summed E-state index contributed by atoms with van der Waals surface area (Å²) < 4.78 is 24.0. The van der Waals surface area contributed by atoms with Crippen LogP contribution >= 0.6 is 0 Å². The van der Waals surface area contributed by atoms with Crippen LogP contribution in [-0.2, 0) is 15.3 Å². The summed E-state index contributed by atoms with van der Waals surface area (Å²) in [4.78, 5) is 0.658. The van der Waals surface area contributed by atoms with E-state index >= 15 is 0 Å². The number of rotatable bonds is 5. The minimum atomic E-state index is -1.56. The van der Waals surface area contributed by atoms with Gasteiger partial charge in [0.1, 0.15) is 5.75 Å². The van der Waals surface area contributed by atoms with E-state index < -0.39 is 11.1 Å². The average molecular weight is 376 g/mol. The van der Waals surface area contributed by atoms with Crippen molar-refractivity contribution in [3.8, 4) is 16.9 Å². The molecule has 0 aliphatic carbocycles. The van der Waals surface area contributed by atoms with E-state index in [0.29, 0.717) is 11.5 Å². The van der Waals surface area contributed by atoms with Gasteiger partial charge in [-0.25, -0.2) is 4.21 Å². The zero-order valence-corrected chi connectivity index (χ0v) is 16.1. The molecule has 0 bridgehead atoms. The van der Waals surface area contributed by atoms with Gasteiger partial charge in [0.2, 0.25) is 0 Å². The van der Waals surface area contributed by atoms with Gasteiger partial charge in [-0.2, -0.15) is 0 Å². The molecule has 1 unspecified atom stereocenters. The first-order valence-electron chi connectivity index (χ1n) is 8.87. The summed E-state index contributed by atoms with van der Waals surface area (Å²) in [6.45, 7) is 2.22. The van der Waals surface area contributed by atoms with Crippen molar-refractivity contribution in [2.24, 2.45) is 0 Å². The topological polar surface area (TPSA) is 35.5 Å². The maximum atomic E-state index is 12.9. The molecular weight excluding hydrogens is 356 g/mol. The molecule has 0 aromatic heterocycles. The molecule has 0 heterocycles. The van der Waals surface area contributed by atoms with E-state index in [1.54, 1.807) is 7.11 Å². The maximum Gasteiger partial charge on any atom is 0.189 e. The van der Waals surface area contributed by atoms with Crippen molar-refractivity contribution < 1.29 is 13.1 Å². The van der Waals surface area contributed by atoms with Gasteiger partial charge in [-0.15, -0.1) is 0 Å². The highest BCUT2D eigenvalue weighted by Crippen LogP contribution is 2.43. The predicted molar refractivity (Wildman–Crippen MR) is 111 cm³/mol. The van der Waals surface area contributed by atoms with Crippen LogP contribution in [0.2, 0.25) is 0 Å². The Morgan fingerprint density at radius 3 is 2.00 bits per heavy atom. The Bertz CT molecular complexity index is 1150. The monoisotopic (exact) mass is 376 g/mol. The van der Waals surface area contributed by atoms with Crippen LogP contribution in [-0.4, -0.2) is 17.9 Å². The molecule has 1 atom stereocenters. The standard InChI is InChI=1S/C23H20O3S/c1-3-26-27(24)21-15-13-17-9-5-7-11-19(17)23(21)22-18-10-6-4-8-16(18)12-14-20(22)25-2/h4-15H,3H2,1-2H3. The van der Waals surface area contributed by atoms with Crippen LogP contribution in [0, 0.1) is 0 Å². The summed E-state index contributed by atoms with van der Waals surface area (Å²) in [6, 6.07) is 24.2. The Morgan fingerprint density at radius 2 is 1.37 bits per heavy atom. The number of methoxy groups -OCH3 is 1. The van der Waals surface area contributed by atoms with Crippen molar-refractivity contribution in [3.05, 3.63) is 72.8 Å². The summed E-state index contributed by atoms with van der Waals surface area (Å²) in [7, 11) is 1.66. The molecule has 0 amide bonds. The first kappa shape index (κ1) is 17.7. The predicted octanol–water partition coefficient (Wildman–Crippen LogP) is 5.73. The average Bonchev–Trinajstić information content (AvgIpc) is 2.72. The third kappa shape index (κ3) is 3.11. The zero-order valence-electron chi connectivity index (χ0n) is 15.3. The smallest absolute Gasteiger partial charge is 0.189 e. The zero-order chi connectivity index (χ0) is 18.8. The van der Waals surface area contributed by atoms with Crippen LogP contribution in [0.1, 0.15) is 6.92 Å². The normalized spacial score (nSPS) is 12.4. The van der Waals surface area contributed by atoms with E-state index in [9.17, 15) is 4.21 Å². The second-order valence-electron chi connectivity index (χ2n) is 6.17. The van der Waals surface area contributed by atoms with Crippen molar-refractivity contribution in [1.29, 1.82) is 0 Å². The van der Waals surface area contributed by atoms with Crippen LogP contribution in [0.15, 0.2) is 77.7 Å². The minimum absolute atomic E-state index is 0.381. The van der Waals surface area contributed by atoms with Crippen LogP contribution in [0.5, 0.6) is 5.75 Å². The highest BCUT2D eigenvalue weighted by Gasteiger charge is 2.20. The fourth-order valence-corrected chi connectivity index (χ4v) is 4.40. The Morgan fingerprint density at radius 1 is 0.778 bits per heavy atom. The molecule has 27 heavy (non-hydrogen) atoms. The van der Waals surface area contributed by atoms with Crippen molar-refractivity contribution in [2.45, 2.75) is 11.8 Å². The van der Waals surface area contributed by atoms with Gasteiger partial charge in [-0.1, -0.05) is 60.7 Å². The molecular formula is C23H20O3S. The molecule has 0 radical (unpaired) electrons. The largest absolute Gasteiger partial charge is 0.496 e. The molecule has 0 aliphatic rings. The molecule has 0 saturated heterocycles. The molecule has 4 aromatic rings. The SMILES string of the molecule is CCOS(=O)c1ccc2ccccc2c1-c1c(OC)ccc2ccccc12. The van der Waals surface area contributed by atoms with Crippen molar-refractivity contribution in [1.82, 2.24) is 0 Å². The molecule has 3 nitrogen and oxygen atoms in total. The number of hydrogen-bond donors (Lipinski definition) is 0. The lowest BCUT2D eigenvalue weighted by Gasteiger charge is -2.17. The van der Waals surface area contributed by atoms with Gasteiger partial charge in [-0.3, -0.25) is 4.18 Å². The van der Waals surface area contributed by atoms with Gasteiger partial charge in [0.15, 0.2) is 11.1 Å². The first-order chi connectivity index (χ1) is 13.2. The third-order valence-corrected chi connectivity index (χ3v) is 5.81. The summed E-state index contributed by atoms with van der Waals surface area (Å²) in [5, 5.41) is 4.27. The third-order valence-electron chi connectivity index (χ3n) is 4.66. The Labute approximate surface area is 161 Å². The van der Waals surface area contributed by atoms with Gasteiger partial charge in [0.05, 0.1) is 18.6 Å². The van der Waals surface area contributed by atoms with E-state index in [2.05, 4.69) is 24.3 Å². The van der Waals surface area contributed by atoms with Crippen molar-refractivity contribution in [3.63, 3.8) is 0 Å². The molecule has 4 rings (SSSR count). The Balaban J connectivity index is 2.17. The van der Waals surface area contributed by atoms with Gasteiger partial charge in [0.25, 0.3) is 0 Å². The molecule has 0 saturated carbocycles. The molecule has 4 heteroatoms. The van der Waals surface area contributed by atoms with E-state index in [4.69, 9.17) is 8.92 Å². The fourth-order valence-electron chi connectivity index (χ4n) is 3.50. The second-order valence-corrected chi connectivity index (χ2v) is 7.31. The summed E-state index contributed by atoms with van der Waals surface area (Å²) in [6.07, 6.45) is 0. The molecule has 0 aliphatic heterocycles. The fraction of sp³-hybridized carbons (Fsp3) is 0.130. The Kier molecular flexibility index (Phi) is 4.92. The van der Waals surface area contributed by atoms with E-state index in [1.165, 1.54) is 0 Å².